The fourth-order valence-electron chi connectivity index (χ4n) is 2.09. The lowest BCUT2D eigenvalue weighted by Gasteiger charge is -2.24. The first kappa shape index (κ1) is 16.7. The molecule has 112 valence electrons. The van der Waals surface area contributed by atoms with Crippen molar-refractivity contribution >= 4 is 23.0 Å². The molecule has 0 radical (unpaired) electrons. The number of nitro groups is 1. The molecule has 0 aromatic heterocycles. The van der Waals surface area contributed by atoms with Crippen molar-refractivity contribution in [2.75, 3.05) is 38.6 Å². The third kappa shape index (κ3) is 4.65. The maximum Gasteiger partial charge on any atom is 0.292 e. The van der Waals surface area contributed by atoms with Crippen LogP contribution in [0.5, 0.6) is 0 Å². The van der Waals surface area contributed by atoms with Crippen LogP contribution >= 0.6 is 11.6 Å². The lowest BCUT2D eigenvalue weighted by Crippen LogP contribution is -2.27. The minimum absolute atomic E-state index is 0.134. The molecule has 0 fully saturated rings. The van der Waals surface area contributed by atoms with E-state index in [0.29, 0.717) is 5.69 Å². The van der Waals surface area contributed by atoms with Gasteiger partial charge in [0.25, 0.3) is 5.69 Å². The van der Waals surface area contributed by atoms with Gasteiger partial charge in [-0.25, -0.2) is 0 Å². The second-order valence-corrected chi connectivity index (χ2v) is 5.22. The van der Waals surface area contributed by atoms with Crippen molar-refractivity contribution in [2.24, 2.45) is 0 Å². The summed E-state index contributed by atoms with van der Waals surface area (Å²) in [4.78, 5) is 15.0. The van der Waals surface area contributed by atoms with Gasteiger partial charge in [-0.05, 0) is 45.6 Å². The van der Waals surface area contributed by atoms with E-state index in [0.717, 1.165) is 31.6 Å². The molecule has 0 aliphatic carbocycles. The summed E-state index contributed by atoms with van der Waals surface area (Å²) in [5.41, 5.74) is 1.58. The van der Waals surface area contributed by atoms with Gasteiger partial charge >= 0.3 is 0 Å². The van der Waals surface area contributed by atoms with Crippen molar-refractivity contribution < 1.29 is 4.92 Å². The summed E-state index contributed by atoms with van der Waals surface area (Å²) in [7, 11) is 4.04. The minimum atomic E-state index is -0.333. The molecule has 0 unspecified atom stereocenters. The molecule has 6 heteroatoms. The quantitative estimate of drug-likeness (QED) is 0.420. The van der Waals surface area contributed by atoms with Gasteiger partial charge in [0.1, 0.15) is 5.69 Å². The standard InChI is InChI=1S/C14H22ClN3O2/c1-4-17(9-5-8-16(2)3)13-7-6-12(11-15)10-14(13)18(19)20/h6-7,10H,4-5,8-9,11H2,1-3H3. The van der Waals surface area contributed by atoms with E-state index in [1.54, 1.807) is 12.1 Å². The molecule has 20 heavy (non-hydrogen) atoms. The van der Waals surface area contributed by atoms with Gasteiger partial charge in [-0.1, -0.05) is 6.07 Å². The van der Waals surface area contributed by atoms with Crippen LogP contribution in [0, 0.1) is 10.1 Å². The Hall–Kier alpha value is -1.33. The molecule has 0 bridgehead atoms. The zero-order valence-corrected chi connectivity index (χ0v) is 13.1. The molecule has 0 aliphatic heterocycles. The number of benzene rings is 1. The van der Waals surface area contributed by atoms with Crippen LogP contribution in [0.1, 0.15) is 18.9 Å². The average molecular weight is 300 g/mol. The topological polar surface area (TPSA) is 49.6 Å². The van der Waals surface area contributed by atoms with Crippen molar-refractivity contribution in [3.63, 3.8) is 0 Å². The number of rotatable bonds is 8. The molecule has 5 nitrogen and oxygen atoms in total. The van der Waals surface area contributed by atoms with E-state index >= 15 is 0 Å². The number of alkyl halides is 1. The summed E-state index contributed by atoms with van der Waals surface area (Å²) in [5.74, 6) is 0.286. The predicted molar refractivity (Wildman–Crippen MR) is 83.7 cm³/mol. The number of nitrogens with zero attached hydrogens (tertiary/aromatic N) is 3. The van der Waals surface area contributed by atoms with Gasteiger partial charge in [0.2, 0.25) is 0 Å². The molecule has 1 aromatic rings. The van der Waals surface area contributed by atoms with Gasteiger partial charge in [-0.3, -0.25) is 10.1 Å². The Balaban J connectivity index is 2.93. The highest BCUT2D eigenvalue weighted by Gasteiger charge is 2.18. The number of anilines is 1. The molecular weight excluding hydrogens is 278 g/mol. The second-order valence-electron chi connectivity index (χ2n) is 4.95. The fraction of sp³-hybridized carbons (Fsp3) is 0.571. The Morgan fingerprint density at radius 2 is 2.00 bits per heavy atom. The van der Waals surface area contributed by atoms with Crippen LogP contribution < -0.4 is 4.90 Å². The van der Waals surface area contributed by atoms with E-state index in [-0.39, 0.29) is 16.5 Å². The Morgan fingerprint density at radius 3 is 2.50 bits per heavy atom. The molecule has 0 heterocycles. The van der Waals surface area contributed by atoms with Gasteiger partial charge in [0.15, 0.2) is 0 Å². The Kier molecular flexibility index (Phi) is 6.75. The summed E-state index contributed by atoms with van der Waals surface area (Å²) < 4.78 is 0. The average Bonchev–Trinajstić information content (AvgIpc) is 2.42. The first-order chi connectivity index (χ1) is 9.49. The summed E-state index contributed by atoms with van der Waals surface area (Å²) >= 11 is 5.75. The Bertz CT molecular complexity index is 452. The zero-order chi connectivity index (χ0) is 15.1. The number of halogens is 1. The van der Waals surface area contributed by atoms with Gasteiger partial charge in [-0.2, -0.15) is 0 Å². The van der Waals surface area contributed by atoms with Crippen molar-refractivity contribution in [3.8, 4) is 0 Å². The Morgan fingerprint density at radius 1 is 1.30 bits per heavy atom. The van der Waals surface area contributed by atoms with Crippen molar-refractivity contribution in [1.29, 1.82) is 0 Å². The second kappa shape index (κ2) is 8.07. The predicted octanol–water partition coefficient (Wildman–Crippen LogP) is 3.11. The van der Waals surface area contributed by atoms with Crippen molar-refractivity contribution in [1.82, 2.24) is 4.90 Å². The molecule has 0 saturated heterocycles. The normalized spacial score (nSPS) is 10.8. The molecule has 0 N–H and O–H groups in total. The smallest absolute Gasteiger partial charge is 0.292 e. The maximum absolute atomic E-state index is 11.2. The maximum atomic E-state index is 11.2. The molecule has 0 saturated carbocycles. The van der Waals surface area contributed by atoms with Gasteiger partial charge in [0.05, 0.1) is 4.92 Å². The molecular formula is C14H22ClN3O2. The highest BCUT2D eigenvalue weighted by atomic mass is 35.5. The number of hydrogen-bond donors (Lipinski definition) is 0. The van der Waals surface area contributed by atoms with E-state index in [1.807, 2.05) is 32.0 Å². The van der Waals surface area contributed by atoms with Crippen molar-refractivity contribution in [3.05, 3.63) is 33.9 Å². The van der Waals surface area contributed by atoms with Gasteiger partial charge in [-0.15, -0.1) is 11.6 Å². The van der Waals surface area contributed by atoms with Crippen LogP contribution in [0.4, 0.5) is 11.4 Å². The van der Waals surface area contributed by atoms with Crippen molar-refractivity contribution in [2.45, 2.75) is 19.2 Å². The third-order valence-electron chi connectivity index (χ3n) is 3.15. The van der Waals surface area contributed by atoms with E-state index in [1.165, 1.54) is 0 Å². The third-order valence-corrected chi connectivity index (χ3v) is 3.46. The first-order valence-corrected chi connectivity index (χ1v) is 7.26. The van der Waals surface area contributed by atoms with E-state index < -0.39 is 0 Å². The van der Waals surface area contributed by atoms with Crippen LogP contribution in [0.2, 0.25) is 0 Å². The molecule has 1 aromatic carbocycles. The highest BCUT2D eigenvalue weighted by molar-refractivity contribution is 6.17. The van der Waals surface area contributed by atoms with E-state index in [4.69, 9.17) is 11.6 Å². The largest absolute Gasteiger partial charge is 0.366 e. The fourth-order valence-corrected chi connectivity index (χ4v) is 2.26. The summed E-state index contributed by atoms with van der Waals surface area (Å²) in [5, 5.41) is 11.2. The zero-order valence-electron chi connectivity index (χ0n) is 12.3. The lowest BCUT2D eigenvalue weighted by molar-refractivity contribution is -0.384. The van der Waals surface area contributed by atoms with E-state index in [9.17, 15) is 10.1 Å². The first-order valence-electron chi connectivity index (χ1n) is 6.72. The summed E-state index contributed by atoms with van der Waals surface area (Å²) in [6, 6.07) is 5.22. The van der Waals surface area contributed by atoms with E-state index in [2.05, 4.69) is 4.90 Å². The Labute approximate surface area is 125 Å². The number of hydrogen-bond acceptors (Lipinski definition) is 4. The van der Waals surface area contributed by atoms with Gasteiger partial charge in [0, 0.05) is 25.0 Å². The van der Waals surface area contributed by atoms with Crippen LogP contribution in [0.15, 0.2) is 18.2 Å². The van der Waals surface area contributed by atoms with Crippen LogP contribution in [0.3, 0.4) is 0 Å². The molecule has 0 spiro atoms. The van der Waals surface area contributed by atoms with Crippen LogP contribution in [-0.4, -0.2) is 43.6 Å². The van der Waals surface area contributed by atoms with Crippen LogP contribution in [-0.2, 0) is 5.88 Å². The van der Waals surface area contributed by atoms with Crippen LogP contribution in [0.25, 0.3) is 0 Å². The monoisotopic (exact) mass is 299 g/mol. The molecule has 1 rings (SSSR count). The van der Waals surface area contributed by atoms with Gasteiger partial charge < -0.3 is 9.80 Å². The summed E-state index contributed by atoms with van der Waals surface area (Å²) in [6.45, 7) is 4.52. The number of nitro benzene ring substituents is 1. The molecule has 0 amide bonds. The minimum Gasteiger partial charge on any atom is -0.366 e. The molecule has 0 atom stereocenters. The summed E-state index contributed by atoms with van der Waals surface area (Å²) in [6.07, 6.45) is 0.968. The SMILES string of the molecule is CCN(CCCN(C)C)c1ccc(CCl)cc1[N+](=O)[O-]. The lowest BCUT2D eigenvalue weighted by atomic mass is 10.1. The molecule has 0 aliphatic rings. The highest BCUT2D eigenvalue weighted by Crippen LogP contribution is 2.29.